The summed E-state index contributed by atoms with van der Waals surface area (Å²) in [6.07, 6.45) is 8.83. The van der Waals surface area contributed by atoms with Gasteiger partial charge in [0.15, 0.2) is 0 Å². The molecule has 1 nitrogen and oxygen atoms in total. The second kappa shape index (κ2) is 3.02. The zero-order valence-electron chi connectivity index (χ0n) is 8.05. The third-order valence-corrected chi connectivity index (χ3v) is 3.70. The maximum Gasteiger partial charge on any atom is 0.0683 e. The van der Waals surface area contributed by atoms with Gasteiger partial charge < -0.3 is 5.11 Å². The van der Waals surface area contributed by atoms with Gasteiger partial charge in [0.2, 0.25) is 0 Å². The minimum atomic E-state index is -0.207. The Bertz CT molecular complexity index is 162. The fraction of sp³-hybridized carbons (Fsp3) is 1.00. The lowest BCUT2D eigenvalue weighted by Gasteiger charge is -2.28. The summed E-state index contributed by atoms with van der Waals surface area (Å²) in [6.45, 7) is 2.21. The summed E-state index contributed by atoms with van der Waals surface area (Å²) in [5.41, 5.74) is -0.207. The third kappa shape index (κ3) is 1.52. The summed E-state index contributed by atoms with van der Waals surface area (Å²) in [6, 6.07) is 0. The summed E-state index contributed by atoms with van der Waals surface area (Å²) >= 11 is 0. The average Bonchev–Trinajstić information content (AvgIpc) is 2.56. The Balaban J connectivity index is 1.73. The first kappa shape index (κ1) is 8.55. The van der Waals surface area contributed by atoms with E-state index in [2.05, 4.69) is 6.92 Å². The number of aliphatic hydroxyl groups is 1. The van der Waals surface area contributed by atoms with E-state index in [1.807, 2.05) is 0 Å². The first-order valence-corrected chi connectivity index (χ1v) is 5.47. The first-order chi connectivity index (χ1) is 5.74. The Morgan fingerprint density at radius 1 is 1.42 bits per heavy atom. The molecule has 2 saturated carbocycles. The van der Waals surface area contributed by atoms with Crippen molar-refractivity contribution in [2.45, 2.75) is 57.5 Å². The van der Waals surface area contributed by atoms with Gasteiger partial charge in [-0.05, 0) is 31.1 Å². The lowest BCUT2D eigenvalue weighted by Crippen LogP contribution is -2.22. The minimum Gasteiger partial charge on any atom is -0.390 e. The quantitative estimate of drug-likeness (QED) is 0.684. The van der Waals surface area contributed by atoms with E-state index < -0.39 is 0 Å². The van der Waals surface area contributed by atoms with Crippen LogP contribution in [-0.4, -0.2) is 10.7 Å². The van der Waals surface area contributed by atoms with E-state index in [-0.39, 0.29) is 5.60 Å². The maximum atomic E-state index is 10.1. The van der Waals surface area contributed by atoms with Gasteiger partial charge in [-0.2, -0.15) is 0 Å². The molecule has 2 atom stereocenters. The van der Waals surface area contributed by atoms with E-state index in [0.29, 0.717) is 5.92 Å². The predicted octanol–water partition coefficient (Wildman–Crippen LogP) is 2.73. The van der Waals surface area contributed by atoms with Crippen molar-refractivity contribution in [1.29, 1.82) is 0 Å². The molecule has 0 heterocycles. The number of hydrogen-bond acceptors (Lipinski definition) is 1. The van der Waals surface area contributed by atoms with Crippen LogP contribution in [0.2, 0.25) is 0 Å². The molecule has 0 bridgehead atoms. The molecule has 1 heteroatoms. The Morgan fingerprint density at radius 3 is 2.67 bits per heavy atom. The van der Waals surface area contributed by atoms with Crippen LogP contribution in [-0.2, 0) is 0 Å². The van der Waals surface area contributed by atoms with Gasteiger partial charge in [-0.15, -0.1) is 0 Å². The van der Waals surface area contributed by atoms with E-state index in [1.54, 1.807) is 0 Å². The molecule has 1 N–H and O–H groups in total. The normalized spacial score (nSPS) is 41.0. The van der Waals surface area contributed by atoms with Crippen molar-refractivity contribution in [3.63, 3.8) is 0 Å². The van der Waals surface area contributed by atoms with E-state index in [0.717, 1.165) is 18.8 Å². The Labute approximate surface area is 75.2 Å². The highest BCUT2D eigenvalue weighted by molar-refractivity contribution is 5.04. The van der Waals surface area contributed by atoms with Crippen LogP contribution < -0.4 is 0 Å². The van der Waals surface area contributed by atoms with Crippen LogP contribution in [0.5, 0.6) is 0 Å². The maximum absolute atomic E-state index is 10.1. The summed E-state index contributed by atoms with van der Waals surface area (Å²) in [5.74, 6) is 1.53. The molecule has 0 amide bonds. The second-order valence-corrected chi connectivity index (χ2v) is 4.79. The molecule has 2 unspecified atom stereocenters. The van der Waals surface area contributed by atoms with Crippen LogP contribution in [0.4, 0.5) is 0 Å². The Morgan fingerprint density at radius 2 is 2.17 bits per heavy atom. The van der Waals surface area contributed by atoms with Crippen LogP contribution in [0.15, 0.2) is 0 Å². The molecule has 0 aromatic heterocycles. The standard InChI is InChI=1S/C11H20O/c1-2-4-10-8-11(10,12)7-9-5-3-6-9/h9-10,12H,2-8H2,1H3. The van der Waals surface area contributed by atoms with Gasteiger partial charge >= 0.3 is 0 Å². The summed E-state index contributed by atoms with van der Waals surface area (Å²) in [5, 5.41) is 10.1. The Hall–Kier alpha value is -0.0400. The molecule has 2 aliphatic carbocycles. The zero-order chi connectivity index (χ0) is 8.60. The molecule has 0 spiro atoms. The highest BCUT2D eigenvalue weighted by Crippen LogP contribution is 2.52. The largest absolute Gasteiger partial charge is 0.390 e. The minimum absolute atomic E-state index is 0.207. The average molecular weight is 168 g/mol. The van der Waals surface area contributed by atoms with Crippen LogP contribution in [0.25, 0.3) is 0 Å². The van der Waals surface area contributed by atoms with E-state index in [9.17, 15) is 5.11 Å². The van der Waals surface area contributed by atoms with Gasteiger partial charge in [-0.1, -0.05) is 32.6 Å². The van der Waals surface area contributed by atoms with Crippen molar-refractivity contribution in [1.82, 2.24) is 0 Å². The fourth-order valence-corrected chi connectivity index (χ4v) is 2.53. The molecule has 0 aromatic rings. The lowest BCUT2D eigenvalue weighted by atomic mass is 9.80. The molecule has 2 fully saturated rings. The highest BCUT2D eigenvalue weighted by Gasteiger charge is 2.52. The predicted molar refractivity (Wildman–Crippen MR) is 49.9 cm³/mol. The SMILES string of the molecule is CCCC1CC1(O)CC1CCC1. The van der Waals surface area contributed by atoms with Crippen molar-refractivity contribution in [3.8, 4) is 0 Å². The van der Waals surface area contributed by atoms with Crippen molar-refractivity contribution >= 4 is 0 Å². The monoisotopic (exact) mass is 168 g/mol. The van der Waals surface area contributed by atoms with Crippen LogP contribution in [0.1, 0.15) is 51.9 Å². The molecule has 12 heavy (non-hydrogen) atoms. The van der Waals surface area contributed by atoms with Gasteiger partial charge in [-0.3, -0.25) is 0 Å². The van der Waals surface area contributed by atoms with Crippen LogP contribution in [0.3, 0.4) is 0 Å². The van der Waals surface area contributed by atoms with Gasteiger partial charge in [-0.25, -0.2) is 0 Å². The van der Waals surface area contributed by atoms with Crippen molar-refractivity contribution < 1.29 is 5.11 Å². The van der Waals surface area contributed by atoms with Crippen molar-refractivity contribution in [3.05, 3.63) is 0 Å². The van der Waals surface area contributed by atoms with Crippen molar-refractivity contribution in [2.24, 2.45) is 11.8 Å². The van der Waals surface area contributed by atoms with Gasteiger partial charge in [0, 0.05) is 0 Å². The van der Waals surface area contributed by atoms with E-state index in [1.165, 1.54) is 32.1 Å². The summed E-state index contributed by atoms with van der Waals surface area (Å²) < 4.78 is 0. The Kier molecular flexibility index (Phi) is 2.16. The van der Waals surface area contributed by atoms with Gasteiger partial charge in [0.25, 0.3) is 0 Å². The number of rotatable bonds is 4. The first-order valence-electron chi connectivity index (χ1n) is 5.47. The number of hydrogen-bond donors (Lipinski definition) is 1. The molecule has 0 saturated heterocycles. The fourth-order valence-electron chi connectivity index (χ4n) is 2.53. The van der Waals surface area contributed by atoms with Crippen LogP contribution in [0, 0.1) is 11.8 Å². The van der Waals surface area contributed by atoms with E-state index in [4.69, 9.17) is 0 Å². The molecule has 0 radical (unpaired) electrons. The molecule has 0 aromatic carbocycles. The highest BCUT2D eigenvalue weighted by atomic mass is 16.3. The van der Waals surface area contributed by atoms with Crippen molar-refractivity contribution in [2.75, 3.05) is 0 Å². The molecule has 70 valence electrons. The van der Waals surface area contributed by atoms with Gasteiger partial charge in [0.05, 0.1) is 5.60 Å². The lowest BCUT2D eigenvalue weighted by molar-refractivity contribution is 0.0791. The third-order valence-electron chi connectivity index (χ3n) is 3.70. The van der Waals surface area contributed by atoms with E-state index >= 15 is 0 Å². The topological polar surface area (TPSA) is 20.2 Å². The van der Waals surface area contributed by atoms with Crippen LogP contribution >= 0.6 is 0 Å². The zero-order valence-corrected chi connectivity index (χ0v) is 8.05. The molecular weight excluding hydrogens is 148 g/mol. The smallest absolute Gasteiger partial charge is 0.0683 e. The summed E-state index contributed by atoms with van der Waals surface area (Å²) in [4.78, 5) is 0. The molecule has 2 rings (SSSR count). The molecule has 0 aliphatic heterocycles. The molecule has 2 aliphatic rings. The summed E-state index contributed by atoms with van der Waals surface area (Å²) in [7, 11) is 0. The molecular formula is C11H20O. The van der Waals surface area contributed by atoms with Gasteiger partial charge in [0.1, 0.15) is 0 Å². The second-order valence-electron chi connectivity index (χ2n) is 4.79.